The molecule has 13 heavy (non-hydrogen) atoms. The molecule has 1 saturated carbocycles. The molecular formula is C9H18ClNO2. The molecule has 1 aliphatic rings. The van der Waals surface area contributed by atoms with E-state index in [1.165, 1.54) is 0 Å². The van der Waals surface area contributed by atoms with Crippen molar-refractivity contribution in [2.45, 2.75) is 32.6 Å². The summed E-state index contributed by atoms with van der Waals surface area (Å²) in [5, 5.41) is 8.93. The van der Waals surface area contributed by atoms with E-state index in [0.29, 0.717) is 12.5 Å². The third-order valence-corrected chi connectivity index (χ3v) is 3.06. The van der Waals surface area contributed by atoms with Crippen LogP contribution in [-0.4, -0.2) is 17.6 Å². The van der Waals surface area contributed by atoms with Crippen LogP contribution < -0.4 is 5.73 Å². The predicted molar refractivity (Wildman–Crippen MR) is 54.0 cm³/mol. The molecule has 0 aromatic carbocycles. The summed E-state index contributed by atoms with van der Waals surface area (Å²) in [4.78, 5) is 10.8. The Morgan fingerprint density at radius 3 is 2.31 bits per heavy atom. The summed E-state index contributed by atoms with van der Waals surface area (Å²) >= 11 is 0. The van der Waals surface area contributed by atoms with E-state index < -0.39 is 11.4 Å². The predicted octanol–water partition coefficient (Wildman–Crippen LogP) is 1.65. The molecule has 0 bridgehead atoms. The van der Waals surface area contributed by atoms with Crippen molar-refractivity contribution < 1.29 is 9.90 Å². The first-order valence-electron chi connectivity index (χ1n) is 4.52. The smallest absolute Gasteiger partial charge is 0.309 e. The lowest BCUT2D eigenvalue weighted by molar-refractivity contribution is -0.150. The Morgan fingerprint density at radius 2 is 2.00 bits per heavy atom. The zero-order valence-corrected chi connectivity index (χ0v) is 8.77. The van der Waals surface area contributed by atoms with E-state index in [1.54, 1.807) is 0 Å². The third-order valence-electron chi connectivity index (χ3n) is 3.06. The van der Waals surface area contributed by atoms with E-state index in [0.717, 1.165) is 25.7 Å². The van der Waals surface area contributed by atoms with Crippen molar-refractivity contribution in [3.05, 3.63) is 0 Å². The molecule has 1 fully saturated rings. The van der Waals surface area contributed by atoms with Gasteiger partial charge in [0.05, 0.1) is 5.41 Å². The van der Waals surface area contributed by atoms with Gasteiger partial charge >= 0.3 is 5.97 Å². The van der Waals surface area contributed by atoms with Crippen molar-refractivity contribution >= 4 is 18.4 Å². The summed E-state index contributed by atoms with van der Waals surface area (Å²) in [7, 11) is 0. The normalized spacial score (nSPS) is 33.5. The van der Waals surface area contributed by atoms with Gasteiger partial charge < -0.3 is 10.8 Å². The number of aliphatic carboxylic acids is 1. The molecule has 0 radical (unpaired) electrons. The molecule has 0 aromatic heterocycles. The molecule has 0 unspecified atom stereocenters. The van der Waals surface area contributed by atoms with Crippen molar-refractivity contribution in [3.63, 3.8) is 0 Å². The highest BCUT2D eigenvalue weighted by atomic mass is 35.5. The van der Waals surface area contributed by atoms with Gasteiger partial charge in [0.25, 0.3) is 0 Å². The minimum absolute atomic E-state index is 0. The number of carbonyl (C=O) groups is 1. The van der Waals surface area contributed by atoms with Crippen molar-refractivity contribution in [1.82, 2.24) is 0 Å². The van der Waals surface area contributed by atoms with Gasteiger partial charge in [-0.15, -0.1) is 12.4 Å². The van der Waals surface area contributed by atoms with E-state index in [9.17, 15) is 4.79 Å². The number of carboxylic acids is 1. The summed E-state index contributed by atoms with van der Waals surface area (Å²) in [5.41, 5.74) is 5.04. The van der Waals surface area contributed by atoms with Crippen LogP contribution in [0.1, 0.15) is 32.6 Å². The van der Waals surface area contributed by atoms with Crippen LogP contribution in [0, 0.1) is 11.3 Å². The van der Waals surface area contributed by atoms with Crippen molar-refractivity contribution in [2.75, 3.05) is 6.54 Å². The van der Waals surface area contributed by atoms with E-state index in [-0.39, 0.29) is 12.4 Å². The molecule has 0 atom stereocenters. The Labute approximate surface area is 85.1 Å². The molecule has 1 aliphatic carbocycles. The largest absolute Gasteiger partial charge is 0.481 e. The molecular weight excluding hydrogens is 190 g/mol. The number of hydrogen-bond acceptors (Lipinski definition) is 2. The van der Waals surface area contributed by atoms with E-state index in [1.807, 2.05) is 6.92 Å². The summed E-state index contributed by atoms with van der Waals surface area (Å²) < 4.78 is 0. The zero-order valence-electron chi connectivity index (χ0n) is 7.95. The average Bonchev–Trinajstić information content (AvgIpc) is 2.06. The topological polar surface area (TPSA) is 63.3 Å². The first-order valence-corrected chi connectivity index (χ1v) is 4.52. The van der Waals surface area contributed by atoms with Crippen LogP contribution in [-0.2, 0) is 4.79 Å². The van der Waals surface area contributed by atoms with E-state index >= 15 is 0 Å². The highest BCUT2D eigenvalue weighted by molar-refractivity contribution is 5.85. The highest BCUT2D eigenvalue weighted by Gasteiger charge is 2.36. The average molecular weight is 208 g/mol. The van der Waals surface area contributed by atoms with Crippen LogP contribution in [0.15, 0.2) is 0 Å². The summed E-state index contributed by atoms with van der Waals surface area (Å²) in [5.74, 6) is -0.101. The minimum atomic E-state index is -0.655. The number of nitrogens with two attached hydrogens (primary N) is 1. The lowest BCUT2D eigenvalue weighted by Crippen LogP contribution is -2.34. The molecule has 1 rings (SSSR count). The lowest BCUT2D eigenvalue weighted by Gasteiger charge is -2.33. The van der Waals surface area contributed by atoms with Crippen molar-refractivity contribution in [3.8, 4) is 0 Å². The highest BCUT2D eigenvalue weighted by Crippen LogP contribution is 2.38. The van der Waals surface area contributed by atoms with Crippen LogP contribution in [0.5, 0.6) is 0 Å². The molecule has 4 heteroatoms. The Hall–Kier alpha value is -0.280. The SMILES string of the molecule is C[C@]1(C(=O)O)CC[C@H](CN)CC1.Cl. The monoisotopic (exact) mass is 207 g/mol. The van der Waals surface area contributed by atoms with Gasteiger partial charge in [-0.2, -0.15) is 0 Å². The first kappa shape index (κ1) is 12.7. The van der Waals surface area contributed by atoms with Crippen LogP contribution in [0.25, 0.3) is 0 Å². The summed E-state index contributed by atoms with van der Waals surface area (Å²) in [6.07, 6.45) is 3.51. The Bertz CT molecular complexity index is 176. The Morgan fingerprint density at radius 1 is 1.54 bits per heavy atom. The third kappa shape index (κ3) is 2.85. The van der Waals surface area contributed by atoms with Gasteiger partial charge in [-0.1, -0.05) is 0 Å². The Balaban J connectivity index is 0.00000144. The summed E-state index contributed by atoms with van der Waals surface area (Å²) in [6.45, 7) is 2.54. The minimum Gasteiger partial charge on any atom is -0.481 e. The van der Waals surface area contributed by atoms with Gasteiger partial charge in [-0.3, -0.25) is 4.79 Å². The number of halogens is 1. The van der Waals surface area contributed by atoms with Gasteiger partial charge in [0.15, 0.2) is 0 Å². The molecule has 3 nitrogen and oxygen atoms in total. The van der Waals surface area contributed by atoms with Gasteiger partial charge in [-0.25, -0.2) is 0 Å². The summed E-state index contributed by atoms with van der Waals surface area (Å²) in [6, 6.07) is 0. The lowest BCUT2D eigenvalue weighted by atomic mass is 9.72. The quantitative estimate of drug-likeness (QED) is 0.724. The number of hydrogen-bond donors (Lipinski definition) is 2. The maximum Gasteiger partial charge on any atom is 0.309 e. The maximum absolute atomic E-state index is 10.8. The van der Waals surface area contributed by atoms with Crippen molar-refractivity contribution in [2.24, 2.45) is 17.1 Å². The second-order valence-electron chi connectivity index (χ2n) is 4.04. The van der Waals surface area contributed by atoms with Gasteiger partial charge in [-0.05, 0) is 45.1 Å². The first-order chi connectivity index (χ1) is 5.58. The Kier molecular flexibility index (Phi) is 4.71. The fourth-order valence-corrected chi connectivity index (χ4v) is 1.76. The van der Waals surface area contributed by atoms with E-state index in [2.05, 4.69) is 0 Å². The maximum atomic E-state index is 10.8. The van der Waals surface area contributed by atoms with E-state index in [4.69, 9.17) is 10.8 Å². The van der Waals surface area contributed by atoms with Gasteiger partial charge in [0.2, 0.25) is 0 Å². The molecule has 0 saturated heterocycles. The van der Waals surface area contributed by atoms with Crippen LogP contribution in [0.2, 0.25) is 0 Å². The second kappa shape index (κ2) is 4.82. The van der Waals surface area contributed by atoms with Crippen LogP contribution >= 0.6 is 12.4 Å². The van der Waals surface area contributed by atoms with Crippen LogP contribution in [0.3, 0.4) is 0 Å². The van der Waals surface area contributed by atoms with Crippen molar-refractivity contribution in [1.29, 1.82) is 0 Å². The van der Waals surface area contributed by atoms with Gasteiger partial charge in [0.1, 0.15) is 0 Å². The zero-order chi connectivity index (χ0) is 9.19. The molecule has 3 N–H and O–H groups in total. The number of carboxylic acid groups (broad SMARTS) is 1. The molecule has 78 valence electrons. The van der Waals surface area contributed by atoms with Gasteiger partial charge in [0, 0.05) is 0 Å². The van der Waals surface area contributed by atoms with Crippen LogP contribution in [0.4, 0.5) is 0 Å². The molecule has 0 aliphatic heterocycles. The molecule has 0 amide bonds. The standard InChI is InChI=1S/C9H17NO2.ClH/c1-9(8(11)12)4-2-7(6-10)3-5-9;/h7H,2-6,10H2,1H3,(H,11,12);1H/t7-,9-;. The fraction of sp³-hybridized carbons (Fsp3) is 0.889. The fourth-order valence-electron chi connectivity index (χ4n) is 1.76. The molecule has 0 spiro atoms. The number of rotatable bonds is 2. The second-order valence-corrected chi connectivity index (χ2v) is 4.04. The molecule has 0 aromatic rings. The molecule has 0 heterocycles.